The number of carbonyl (C=O) groups is 2. The number of unbranched alkanes of at least 4 members (excludes halogenated alkanes) is 2. The van der Waals surface area contributed by atoms with Gasteiger partial charge in [0.2, 0.25) is 0 Å². The van der Waals surface area contributed by atoms with Crippen molar-refractivity contribution < 1.29 is 39.1 Å². The number of benzene rings is 2. The smallest absolute Gasteiger partial charge is 0.343 e. The molecule has 2 unspecified atom stereocenters. The van der Waals surface area contributed by atoms with E-state index in [1.165, 1.54) is 56.9 Å². The van der Waals surface area contributed by atoms with Crippen molar-refractivity contribution in [1.29, 1.82) is 0 Å². The van der Waals surface area contributed by atoms with Crippen molar-refractivity contribution in [3.8, 4) is 5.75 Å². The molecule has 0 spiro atoms. The predicted molar refractivity (Wildman–Crippen MR) is 174 cm³/mol. The van der Waals surface area contributed by atoms with E-state index in [0.717, 1.165) is 11.5 Å². The minimum atomic E-state index is -1.28. The lowest BCUT2D eigenvalue weighted by Crippen LogP contribution is -2.19. The summed E-state index contributed by atoms with van der Waals surface area (Å²) in [6, 6.07) is 14.9. The first-order valence-electron chi connectivity index (χ1n) is 16.2. The van der Waals surface area contributed by atoms with Gasteiger partial charge in [0.25, 0.3) is 0 Å². The van der Waals surface area contributed by atoms with Crippen LogP contribution in [0.5, 0.6) is 5.75 Å². The Bertz CT molecular complexity index is 1210. The molecule has 3 rings (SSSR count). The molecule has 0 aromatic heterocycles. The van der Waals surface area contributed by atoms with Crippen LogP contribution in [0.25, 0.3) is 0 Å². The maximum Gasteiger partial charge on any atom is 0.343 e. The van der Waals surface area contributed by atoms with Crippen molar-refractivity contribution in [2.75, 3.05) is 26.4 Å². The standard InChI is InChI=1S/C37H50O8/c1-4-5-6-7-28-8-10-29(11-9-28)30-12-14-33(15-13-30)37(42)45-34-18-16-31(17-19-34)32(20-22-43-35(40)26(2)24-38)21-23-44-36(41)27(3)25-39/h12-19,28-29,32,35,38-40H,2-11,20-25H2,1H3. The van der Waals surface area contributed by atoms with E-state index in [9.17, 15) is 14.7 Å². The first kappa shape index (κ1) is 36.2. The Morgan fingerprint density at radius 1 is 0.889 bits per heavy atom. The van der Waals surface area contributed by atoms with Crippen LogP contribution in [0.4, 0.5) is 0 Å². The second-order valence-corrected chi connectivity index (χ2v) is 12.0. The van der Waals surface area contributed by atoms with E-state index in [2.05, 4.69) is 32.2 Å². The maximum absolute atomic E-state index is 12.9. The molecule has 0 amide bonds. The molecule has 3 N–H and O–H groups in total. The van der Waals surface area contributed by atoms with Crippen LogP contribution >= 0.6 is 0 Å². The van der Waals surface area contributed by atoms with Crippen molar-refractivity contribution in [2.45, 2.75) is 89.3 Å². The third kappa shape index (κ3) is 11.9. The number of hydrogen-bond donors (Lipinski definition) is 3. The van der Waals surface area contributed by atoms with Gasteiger partial charge in [0.1, 0.15) is 5.75 Å². The van der Waals surface area contributed by atoms with Gasteiger partial charge in [-0.05, 0) is 91.7 Å². The molecule has 8 nitrogen and oxygen atoms in total. The molecule has 2 aromatic carbocycles. The SMILES string of the molecule is C=C(CO)C(=O)OCCC(CCOC(O)C(=C)CO)c1ccc(OC(=O)c2ccc(C3CCC(CCCCC)CC3)cc2)cc1. The first-order valence-corrected chi connectivity index (χ1v) is 16.2. The van der Waals surface area contributed by atoms with Crippen molar-refractivity contribution >= 4 is 11.9 Å². The highest BCUT2D eigenvalue weighted by molar-refractivity contribution is 5.91. The van der Waals surface area contributed by atoms with E-state index in [4.69, 9.17) is 24.4 Å². The Labute approximate surface area is 267 Å². The van der Waals surface area contributed by atoms with Gasteiger partial charge >= 0.3 is 11.9 Å². The topological polar surface area (TPSA) is 123 Å². The van der Waals surface area contributed by atoms with Gasteiger partial charge in [-0.2, -0.15) is 0 Å². The molecule has 2 atom stereocenters. The fourth-order valence-electron chi connectivity index (χ4n) is 5.79. The summed E-state index contributed by atoms with van der Waals surface area (Å²) in [5.74, 6) is 0.605. The van der Waals surface area contributed by atoms with Crippen LogP contribution in [-0.2, 0) is 14.3 Å². The van der Waals surface area contributed by atoms with Crippen LogP contribution in [0.2, 0.25) is 0 Å². The van der Waals surface area contributed by atoms with Gasteiger partial charge in [0, 0.05) is 5.57 Å². The van der Waals surface area contributed by atoms with E-state index < -0.39 is 24.8 Å². The summed E-state index contributed by atoms with van der Waals surface area (Å²) in [6.45, 7) is 8.67. The fourth-order valence-corrected chi connectivity index (χ4v) is 5.79. The highest BCUT2D eigenvalue weighted by atomic mass is 16.6. The van der Waals surface area contributed by atoms with Crippen molar-refractivity contribution in [3.05, 3.63) is 89.5 Å². The Balaban J connectivity index is 1.55. The average molecular weight is 623 g/mol. The average Bonchev–Trinajstić information content (AvgIpc) is 3.07. The highest BCUT2D eigenvalue weighted by Crippen LogP contribution is 2.38. The summed E-state index contributed by atoms with van der Waals surface area (Å²) in [6.07, 6.45) is 9.91. The van der Waals surface area contributed by atoms with Gasteiger partial charge in [-0.15, -0.1) is 0 Å². The van der Waals surface area contributed by atoms with Crippen LogP contribution in [-0.4, -0.2) is 60.0 Å². The van der Waals surface area contributed by atoms with E-state index >= 15 is 0 Å². The second-order valence-electron chi connectivity index (χ2n) is 12.0. The van der Waals surface area contributed by atoms with E-state index in [1.54, 1.807) is 12.1 Å². The number of ether oxygens (including phenoxy) is 3. The molecule has 0 aliphatic heterocycles. The largest absolute Gasteiger partial charge is 0.462 e. The van der Waals surface area contributed by atoms with Crippen LogP contribution in [0.1, 0.15) is 104 Å². The first-order chi connectivity index (χ1) is 21.7. The summed E-state index contributed by atoms with van der Waals surface area (Å²) >= 11 is 0. The zero-order valence-corrected chi connectivity index (χ0v) is 26.6. The zero-order chi connectivity index (χ0) is 32.6. The van der Waals surface area contributed by atoms with Gasteiger partial charge < -0.3 is 29.5 Å². The molecule has 1 aliphatic rings. The molecule has 1 fully saturated rings. The summed E-state index contributed by atoms with van der Waals surface area (Å²) in [5.41, 5.74) is 2.82. The zero-order valence-electron chi connectivity index (χ0n) is 26.6. The number of esters is 2. The van der Waals surface area contributed by atoms with Crippen molar-refractivity contribution in [1.82, 2.24) is 0 Å². The van der Waals surface area contributed by atoms with Gasteiger partial charge in [-0.25, -0.2) is 9.59 Å². The number of aliphatic hydroxyl groups excluding tert-OH is 3. The van der Waals surface area contributed by atoms with Crippen LogP contribution in [0.15, 0.2) is 72.8 Å². The Morgan fingerprint density at radius 3 is 2.18 bits per heavy atom. The summed E-state index contributed by atoms with van der Waals surface area (Å²) in [4.78, 5) is 24.8. The molecule has 246 valence electrons. The highest BCUT2D eigenvalue weighted by Gasteiger charge is 2.23. The monoisotopic (exact) mass is 622 g/mol. The number of hydrogen-bond acceptors (Lipinski definition) is 8. The fraction of sp³-hybridized carbons (Fsp3) is 0.514. The Kier molecular flexibility index (Phi) is 15.5. The van der Waals surface area contributed by atoms with E-state index in [0.29, 0.717) is 30.1 Å². The number of carbonyl (C=O) groups excluding carboxylic acids is 2. The summed E-state index contributed by atoms with van der Waals surface area (Å²) in [5, 5.41) is 28.2. The molecule has 0 radical (unpaired) electrons. The molecule has 0 bridgehead atoms. The number of rotatable bonds is 19. The molecule has 0 heterocycles. The minimum absolute atomic E-state index is 0.0263. The molecule has 0 saturated heterocycles. The second kappa shape index (κ2) is 19.3. The van der Waals surface area contributed by atoms with Crippen molar-refractivity contribution in [2.24, 2.45) is 5.92 Å². The number of aliphatic hydroxyl groups is 3. The molecule has 1 saturated carbocycles. The third-order valence-corrected chi connectivity index (χ3v) is 8.72. The van der Waals surface area contributed by atoms with Crippen molar-refractivity contribution in [3.63, 3.8) is 0 Å². The summed E-state index contributed by atoms with van der Waals surface area (Å²) < 4.78 is 16.3. The lowest BCUT2D eigenvalue weighted by Gasteiger charge is -2.29. The predicted octanol–water partition coefficient (Wildman–Crippen LogP) is 6.60. The molecular formula is C37H50O8. The molecule has 2 aromatic rings. The quantitative estimate of drug-likeness (QED) is 0.0400. The van der Waals surface area contributed by atoms with Crippen LogP contribution < -0.4 is 4.74 Å². The molecule has 1 aliphatic carbocycles. The normalized spacial score (nSPS) is 17.7. The van der Waals surface area contributed by atoms with Gasteiger partial charge in [0.05, 0.1) is 37.6 Å². The lowest BCUT2D eigenvalue weighted by atomic mass is 9.77. The summed E-state index contributed by atoms with van der Waals surface area (Å²) in [7, 11) is 0. The van der Waals surface area contributed by atoms with Gasteiger partial charge in [-0.1, -0.05) is 70.0 Å². The van der Waals surface area contributed by atoms with Gasteiger partial charge in [-0.3, -0.25) is 0 Å². The van der Waals surface area contributed by atoms with Crippen LogP contribution in [0.3, 0.4) is 0 Å². The maximum atomic E-state index is 12.9. The molecule has 8 heteroatoms. The molecule has 45 heavy (non-hydrogen) atoms. The third-order valence-electron chi connectivity index (χ3n) is 8.72. The van der Waals surface area contributed by atoms with E-state index in [1.807, 2.05) is 24.3 Å². The Hall–Kier alpha value is -3.30. The lowest BCUT2D eigenvalue weighted by molar-refractivity contribution is -0.139. The molecular weight excluding hydrogens is 572 g/mol. The minimum Gasteiger partial charge on any atom is -0.462 e. The van der Waals surface area contributed by atoms with Crippen LogP contribution in [0, 0.1) is 5.92 Å². The van der Waals surface area contributed by atoms with E-state index in [-0.39, 0.29) is 36.9 Å². The van der Waals surface area contributed by atoms with Gasteiger partial charge in [0.15, 0.2) is 6.29 Å². The Morgan fingerprint density at radius 2 is 1.56 bits per heavy atom.